The van der Waals surface area contributed by atoms with Crippen molar-refractivity contribution in [3.8, 4) is 0 Å². The van der Waals surface area contributed by atoms with Gasteiger partial charge in [0.1, 0.15) is 0 Å². The molecule has 0 aliphatic carbocycles. The first-order chi connectivity index (χ1) is 8.63. The summed E-state index contributed by atoms with van der Waals surface area (Å²) in [6, 6.07) is 7.36. The van der Waals surface area contributed by atoms with Crippen LogP contribution in [0.15, 0.2) is 29.6 Å². The lowest BCUT2D eigenvalue weighted by molar-refractivity contribution is -0.120. The number of aromatic nitrogens is 1. The summed E-state index contributed by atoms with van der Waals surface area (Å²) in [5.74, 6) is -0.0220. The van der Waals surface area contributed by atoms with Crippen LogP contribution in [0.2, 0.25) is 0 Å². The average molecular weight is 261 g/mol. The minimum Gasteiger partial charge on any atom is -0.399 e. The second-order valence-electron chi connectivity index (χ2n) is 4.06. The summed E-state index contributed by atoms with van der Waals surface area (Å²) in [6.07, 6.45) is 0.341. The van der Waals surface area contributed by atoms with Gasteiger partial charge in [0.25, 0.3) is 0 Å². The van der Waals surface area contributed by atoms with Crippen molar-refractivity contribution in [2.45, 2.75) is 19.9 Å². The van der Waals surface area contributed by atoms with Gasteiger partial charge in [0.15, 0.2) is 0 Å². The van der Waals surface area contributed by atoms with Crippen LogP contribution in [0.3, 0.4) is 0 Å². The molecule has 0 fully saturated rings. The molecule has 1 heterocycles. The molecular formula is C13H15N3OS. The van der Waals surface area contributed by atoms with Crippen molar-refractivity contribution in [1.29, 1.82) is 0 Å². The molecule has 0 unspecified atom stereocenters. The van der Waals surface area contributed by atoms with Gasteiger partial charge in [0.2, 0.25) is 5.91 Å². The molecule has 2 rings (SSSR count). The number of anilines is 1. The number of amides is 1. The Hall–Kier alpha value is -1.88. The Balaban J connectivity index is 1.85. The summed E-state index contributed by atoms with van der Waals surface area (Å²) in [5.41, 5.74) is 8.16. The summed E-state index contributed by atoms with van der Waals surface area (Å²) < 4.78 is 0. The normalized spacial score (nSPS) is 10.3. The highest BCUT2D eigenvalue weighted by molar-refractivity contribution is 7.09. The molecule has 3 N–H and O–H groups in total. The minimum absolute atomic E-state index is 0.0220. The van der Waals surface area contributed by atoms with Crippen molar-refractivity contribution >= 4 is 22.9 Å². The fraction of sp³-hybridized carbons (Fsp3) is 0.231. The third-order valence-corrected chi connectivity index (χ3v) is 3.27. The number of nitrogen functional groups attached to an aromatic ring is 1. The summed E-state index contributed by atoms with van der Waals surface area (Å²) >= 11 is 1.58. The molecule has 0 aliphatic rings. The lowest BCUT2D eigenvalue weighted by Crippen LogP contribution is -2.24. The highest BCUT2D eigenvalue weighted by Crippen LogP contribution is 2.09. The number of nitrogens with one attached hydrogen (secondary N) is 1. The van der Waals surface area contributed by atoms with Crippen molar-refractivity contribution in [3.05, 3.63) is 45.9 Å². The van der Waals surface area contributed by atoms with Crippen molar-refractivity contribution in [2.75, 3.05) is 5.73 Å². The molecule has 94 valence electrons. The summed E-state index contributed by atoms with van der Waals surface area (Å²) in [6.45, 7) is 2.42. The van der Waals surface area contributed by atoms with Crippen LogP contribution in [-0.4, -0.2) is 10.9 Å². The number of carbonyl (C=O) groups is 1. The third kappa shape index (κ3) is 3.56. The van der Waals surface area contributed by atoms with Crippen LogP contribution >= 0.6 is 11.3 Å². The number of hydrogen-bond donors (Lipinski definition) is 2. The van der Waals surface area contributed by atoms with Crippen LogP contribution in [0.25, 0.3) is 0 Å². The van der Waals surface area contributed by atoms with E-state index >= 15 is 0 Å². The van der Waals surface area contributed by atoms with Crippen LogP contribution < -0.4 is 11.1 Å². The largest absolute Gasteiger partial charge is 0.399 e. The highest BCUT2D eigenvalue weighted by atomic mass is 32.1. The first kappa shape index (κ1) is 12.6. The van der Waals surface area contributed by atoms with Gasteiger partial charge in [-0.2, -0.15) is 0 Å². The summed E-state index contributed by atoms with van der Waals surface area (Å²) in [5, 5.41) is 5.81. The Morgan fingerprint density at radius 2 is 2.33 bits per heavy atom. The summed E-state index contributed by atoms with van der Waals surface area (Å²) in [4.78, 5) is 16.0. The smallest absolute Gasteiger partial charge is 0.224 e. The molecule has 0 saturated carbocycles. The fourth-order valence-electron chi connectivity index (χ4n) is 1.63. The maximum Gasteiger partial charge on any atom is 0.224 e. The molecular weight excluding hydrogens is 246 g/mol. The van der Waals surface area contributed by atoms with E-state index in [9.17, 15) is 4.79 Å². The lowest BCUT2D eigenvalue weighted by atomic mass is 10.1. The van der Waals surface area contributed by atoms with E-state index in [1.807, 2.05) is 30.5 Å². The van der Waals surface area contributed by atoms with E-state index in [4.69, 9.17) is 5.73 Å². The van der Waals surface area contributed by atoms with Gasteiger partial charge in [-0.05, 0) is 24.6 Å². The van der Waals surface area contributed by atoms with Gasteiger partial charge in [-0.15, -0.1) is 11.3 Å². The number of nitrogens with two attached hydrogens (primary N) is 1. The van der Waals surface area contributed by atoms with Crippen LogP contribution in [0.4, 0.5) is 5.69 Å². The van der Waals surface area contributed by atoms with Gasteiger partial charge in [-0.1, -0.05) is 12.1 Å². The predicted octanol–water partition coefficient (Wildman–Crippen LogP) is 1.89. The van der Waals surface area contributed by atoms with Crippen molar-refractivity contribution in [2.24, 2.45) is 0 Å². The van der Waals surface area contributed by atoms with Crippen LogP contribution in [0.1, 0.15) is 16.3 Å². The predicted molar refractivity (Wildman–Crippen MR) is 73.3 cm³/mol. The first-order valence-electron chi connectivity index (χ1n) is 5.65. The number of aryl methyl sites for hydroxylation is 1. The van der Waals surface area contributed by atoms with Gasteiger partial charge in [-0.25, -0.2) is 4.98 Å². The number of hydrogen-bond acceptors (Lipinski definition) is 4. The van der Waals surface area contributed by atoms with E-state index in [0.29, 0.717) is 18.7 Å². The van der Waals surface area contributed by atoms with E-state index in [2.05, 4.69) is 10.3 Å². The maximum absolute atomic E-state index is 11.7. The second kappa shape index (κ2) is 5.64. The molecule has 5 heteroatoms. The van der Waals surface area contributed by atoms with Gasteiger partial charge in [0, 0.05) is 11.1 Å². The molecule has 4 nitrogen and oxygen atoms in total. The average Bonchev–Trinajstić information content (AvgIpc) is 2.73. The Morgan fingerprint density at radius 1 is 1.50 bits per heavy atom. The fourth-order valence-corrected chi connectivity index (χ4v) is 2.24. The Kier molecular flexibility index (Phi) is 3.94. The molecule has 0 saturated heterocycles. The topological polar surface area (TPSA) is 68.0 Å². The van der Waals surface area contributed by atoms with Crippen molar-refractivity contribution in [3.63, 3.8) is 0 Å². The Morgan fingerprint density at radius 3 is 3.00 bits per heavy atom. The zero-order valence-electron chi connectivity index (χ0n) is 10.1. The Bertz CT molecular complexity index is 551. The van der Waals surface area contributed by atoms with Crippen LogP contribution in [0.5, 0.6) is 0 Å². The zero-order chi connectivity index (χ0) is 13.0. The third-order valence-electron chi connectivity index (χ3n) is 2.45. The molecule has 0 bridgehead atoms. The van der Waals surface area contributed by atoms with Crippen molar-refractivity contribution < 1.29 is 4.79 Å². The van der Waals surface area contributed by atoms with Gasteiger partial charge >= 0.3 is 0 Å². The van der Waals surface area contributed by atoms with Crippen LogP contribution in [0, 0.1) is 6.92 Å². The quantitative estimate of drug-likeness (QED) is 0.826. The standard InChI is InChI=1S/C13H15N3OS/c1-9-16-12(8-18-9)7-15-13(17)6-10-3-2-4-11(14)5-10/h2-5,8H,6-7,14H2,1H3,(H,15,17). The minimum atomic E-state index is -0.0220. The molecule has 0 aliphatic heterocycles. The molecule has 1 amide bonds. The van der Waals surface area contributed by atoms with E-state index in [0.717, 1.165) is 16.3 Å². The van der Waals surface area contributed by atoms with Gasteiger partial charge in [-0.3, -0.25) is 4.79 Å². The molecule has 1 aromatic heterocycles. The highest BCUT2D eigenvalue weighted by Gasteiger charge is 2.05. The van der Waals surface area contributed by atoms with Crippen LogP contribution in [-0.2, 0) is 17.8 Å². The number of nitrogens with zero attached hydrogens (tertiary/aromatic N) is 1. The molecule has 1 aromatic carbocycles. The van der Waals surface area contributed by atoms with E-state index < -0.39 is 0 Å². The number of thiazole rings is 1. The number of benzene rings is 1. The van der Waals surface area contributed by atoms with Crippen molar-refractivity contribution in [1.82, 2.24) is 10.3 Å². The molecule has 0 radical (unpaired) electrons. The van der Waals surface area contributed by atoms with E-state index in [1.165, 1.54) is 0 Å². The summed E-state index contributed by atoms with van der Waals surface area (Å²) in [7, 11) is 0. The van der Waals surface area contributed by atoms with E-state index in [-0.39, 0.29) is 5.91 Å². The molecule has 0 atom stereocenters. The Labute approximate surface area is 110 Å². The number of rotatable bonds is 4. The first-order valence-corrected chi connectivity index (χ1v) is 6.53. The van der Waals surface area contributed by atoms with Gasteiger partial charge in [0.05, 0.1) is 23.7 Å². The molecule has 2 aromatic rings. The SMILES string of the molecule is Cc1nc(CNC(=O)Cc2cccc(N)c2)cs1. The monoisotopic (exact) mass is 261 g/mol. The zero-order valence-corrected chi connectivity index (χ0v) is 11.0. The maximum atomic E-state index is 11.7. The second-order valence-corrected chi connectivity index (χ2v) is 5.12. The van der Waals surface area contributed by atoms with E-state index in [1.54, 1.807) is 17.4 Å². The molecule has 0 spiro atoms. The van der Waals surface area contributed by atoms with Gasteiger partial charge < -0.3 is 11.1 Å². The lowest BCUT2D eigenvalue weighted by Gasteiger charge is -2.04. The molecule has 18 heavy (non-hydrogen) atoms. The number of carbonyl (C=O) groups excluding carboxylic acids is 1.